The molecule has 0 bridgehead atoms. The summed E-state index contributed by atoms with van der Waals surface area (Å²) in [5.41, 5.74) is 0.709. The molecule has 0 aromatic carbocycles. The third kappa shape index (κ3) is 2.30. The molecule has 2 atom stereocenters. The number of nitrogens with zero attached hydrogens (tertiary/aromatic N) is 3. The van der Waals surface area contributed by atoms with Gasteiger partial charge in [-0.05, 0) is 13.3 Å². The fourth-order valence-electron chi connectivity index (χ4n) is 1.25. The Bertz CT molecular complexity index is 275. The predicted molar refractivity (Wildman–Crippen MR) is 51.9 cm³/mol. The molecule has 0 aliphatic rings. The minimum Gasteiger partial charge on any atom is -0.384 e. The monoisotopic (exact) mass is 199 g/mol. The van der Waals surface area contributed by atoms with Crippen LogP contribution >= 0.6 is 0 Å². The Hall–Kier alpha value is -0.940. The van der Waals surface area contributed by atoms with Crippen LogP contribution in [-0.4, -0.2) is 33.8 Å². The molecule has 0 amide bonds. The van der Waals surface area contributed by atoms with Crippen molar-refractivity contribution in [3.05, 3.63) is 11.9 Å². The summed E-state index contributed by atoms with van der Waals surface area (Å²) in [6, 6.07) is 0.249. The highest BCUT2D eigenvalue weighted by molar-refractivity contribution is 5.00. The maximum absolute atomic E-state index is 9.71. The van der Waals surface area contributed by atoms with Gasteiger partial charge in [-0.1, -0.05) is 12.1 Å². The summed E-state index contributed by atoms with van der Waals surface area (Å²) >= 11 is 0. The molecule has 0 radical (unpaired) electrons. The number of ether oxygens (including phenoxy) is 1. The van der Waals surface area contributed by atoms with Crippen molar-refractivity contribution in [2.24, 2.45) is 0 Å². The highest BCUT2D eigenvalue weighted by Gasteiger charge is 2.16. The van der Waals surface area contributed by atoms with Crippen LogP contribution < -0.4 is 0 Å². The average molecular weight is 199 g/mol. The van der Waals surface area contributed by atoms with Crippen LogP contribution in [0.15, 0.2) is 6.20 Å². The van der Waals surface area contributed by atoms with E-state index in [-0.39, 0.29) is 12.6 Å². The Kier molecular flexibility index (Phi) is 4.03. The number of aliphatic hydroxyl groups excluding tert-OH is 1. The van der Waals surface area contributed by atoms with Crippen molar-refractivity contribution in [3.63, 3.8) is 0 Å². The first-order valence-electron chi connectivity index (χ1n) is 4.77. The van der Waals surface area contributed by atoms with Crippen molar-refractivity contribution >= 4 is 0 Å². The lowest BCUT2D eigenvalue weighted by atomic mass is 10.2. The standard InChI is InChI=1S/C9H17N3O2/c1-4-7(2)12-8(5-10-11-12)9(13)6-14-3/h5,7,9,13H,4,6H2,1-3H3/t7?,9-/m1/s1. The topological polar surface area (TPSA) is 60.2 Å². The van der Waals surface area contributed by atoms with Crippen molar-refractivity contribution in [3.8, 4) is 0 Å². The highest BCUT2D eigenvalue weighted by Crippen LogP contribution is 2.17. The van der Waals surface area contributed by atoms with Crippen molar-refractivity contribution in [1.29, 1.82) is 0 Å². The van der Waals surface area contributed by atoms with Gasteiger partial charge in [0, 0.05) is 7.11 Å². The van der Waals surface area contributed by atoms with Crippen LogP contribution in [0.3, 0.4) is 0 Å². The third-order valence-corrected chi connectivity index (χ3v) is 2.28. The summed E-state index contributed by atoms with van der Waals surface area (Å²) in [7, 11) is 1.56. The first kappa shape index (κ1) is 11.1. The molecular formula is C9H17N3O2. The van der Waals surface area contributed by atoms with Gasteiger partial charge < -0.3 is 9.84 Å². The van der Waals surface area contributed by atoms with Crippen LogP contribution in [0.4, 0.5) is 0 Å². The Labute approximate surface area is 83.7 Å². The first-order valence-corrected chi connectivity index (χ1v) is 4.77. The molecule has 5 heteroatoms. The molecule has 0 spiro atoms. The van der Waals surface area contributed by atoms with Crippen molar-refractivity contribution in [1.82, 2.24) is 15.0 Å². The van der Waals surface area contributed by atoms with E-state index in [0.29, 0.717) is 5.69 Å². The zero-order valence-corrected chi connectivity index (χ0v) is 8.84. The first-order chi connectivity index (χ1) is 6.70. The van der Waals surface area contributed by atoms with Gasteiger partial charge in [0.1, 0.15) is 6.10 Å². The van der Waals surface area contributed by atoms with E-state index in [1.54, 1.807) is 18.0 Å². The molecule has 0 saturated carbocycles. The molecule has 0 fully saturated rings. The van der Waals surface area contributed by atoms with Gasteiger partial charge in [0.25, 0.3) is 0 Å². The minimum absolute atomic E-state index is 0.249. The highest BCUT2D eigenvalue weighted by atomic mass is 16.5. The van der Waals surface area contributed by atoms with E-state index in [1.165, 1.54) is 0 Å². The molecule has 1 rings (SSSR count). The number of hydrogen-bond acceptors (Lipinski definition) is 4. The molecule has 5 nitrogen and oxygen atoms in total. The molecule has 80 valence electrons. The Morgan fingerprint density at radius 1 is 1.64 bits per heavy atom. The van der Waals surface area contributed by atoms with E-state index in [1.807, 2.05) is 6.92 Å². The normalized spacial score (nSPS) is 15.4. The van der Waals surface area contributed by atoms with Gasteiger partial charge >= 0.3 is 0 Å². The average Bonchev–Trinajstić information content (AvgIpc) is 2.65. The predicted octanol–water partition coefficient (Wildman–Crippen LogP) is 0.929. The minimum atomic E-state index is -0.649. The number of rotatable bonds is 5. The molecule has 1 aromatic rings. The molecular weight excluding hydrogens is 182 g/mol. The smallest absolute Gasteiger partial charge is 0.120 e. The van der Waals surface area contributed by atoms with Gasteiger partial charge in [-0.2, -0.15) is 0 Å². The zero-order chi connectivity index (χ0) is 10.6. The Balaban J connectivity index is 2.81. The van der Waals surface area contributed by atoms with Crippen LogP contribution in [0.2, 0.25) is 0 Å². The second-order valence-electron chi connectivity index (χ2n) is 3.33. The van der Waals surface area contributed by atoms with Gasteiger partial charge in [0.2, 0.25) is 0 Å². The molecule has 0 saturated heterocycles. The maximum atomic E-state index is 9.71. The fourth-order valence-corrected chi connectivity index (χ4v) is 1.25. The SMILES string of the molecule is CCC(C)n1nncc1[C@H](O)COC. The third-order valence-electron chi connectivity index (χ3n) is 2.28. The lowest BCUT2D eigenvalue weighted by Gasteiger charge is -2.15. The van der Waals surface area contributed by atoms with Crippen molar-refractivity contribution < 1.29 is 9.84 Å². The fraction of sp³-hybridized carbons (Fsp3) is 0.778. The van der Waals surface area contributed by atoms with E-state index in [0.717, 1.165) is 6.42 Å². The number of aliphatic hydroxyl groups is 1. The van der Waals surface area contributed by atoms with Crippen LogP contribution in [0.5, 0.6) is 0 Å². The molecule has 0 aliphatic carbocycles. The molecule has 1 heterocycles. The second-order valence-corrected chi connectivity index (χ2v) is 3.33. The number of methoxy groups -OCH3 is 1. The number of hydrogen-bond donors (Lipinski definition) is 1. The molecule has 1 unspecified atom stereocenters. The van der Waals surface area contributed by atoms with E-state index in [9.17, 15) is 5.11 Å². The van der Waals surface area contributed by atoms with Gasteiger partial charge in [-0.3, -0.25) is 0 Å². The van der Waals surface area contributed by atoms with Crippen LogP contribution in [0.1, 0.15) is 38.1 Å². The van der Waals surface area contributed by atoms with E-state index < -0.39 is 6.10 Å². The Morgan fingerprint density at radius 3 is 2.93 bits per heavy atom. The van der Waals surface area contributed by atoms with Crippen molar-refractivity contribution in [2.45, 2.75) is 32.4 Å². The van der Waals surface area contributed by atoms with Gasteiger partial charge in [0.15, 0.2) is 0 Å². The molecule has 14 heavy (non-hydrogen) atoms. The quantitative estimate of drug-likeness (QED) is 0.766. The van der Waals surface area contributed by atoms with E-state index in [2.05, 4.69) is 17.2 Å². The maximum Gasteiger partial charge on any atom is 0.120 e. The summed E-state index contributed by atoms with van der Waals surface area (Å²) in [6.07, 6.45) is 1.88. The van der Waals surface area contributed by atoms with Crippen LogP contribution in [0.25, 0.3) is 0 Å². The lowest BCUT2D eigenvalue weighted by molar-refractivity contribution is 0.0575. The largest absolute Gasteiger partial charge is 0.384 e. The zero-order valence-electron chi connectivity index (χ0n) is 8.84. The Morgan fingerprint density at radius 2 is 2.36 bits per heavy atom. The van der Waals surface area contributed by atoms with E-state index in [4.69, 9.17) is 4.74 Å². The molecule has 0 aliphatic heterocycles. The van der Waals surface area contributed by atoms with Gasteiger partial charge in [0.05, 0.1) is 24.5 Å². The number of aromatic nitrogens is 3. The van der Waals surface area contributed by atoms with Crippen molar-refractivity contribution in [2.75, 3.05) is 13.7 Å². The molecule has 1 N–H and O–H groups in total. The van der Waals surface area contributed by atoms with E-state index >= 15 is 0 Å². The summed E-state index contributed by atoms with van der Waals surface area (Å²) in [6.45, 7) is 4.38. The van der Waals surface area contributed by atoms with Gasteiger partial charge in [-0.15, -0.1) is 5.10 Å². The van der Waals surface area contributed by atoms with Crippen LogP contribution in [0, 0.1) is 0 Å². The summed E-state index contributed by atoms with van der Waals surface area (Å²) in [5.74, 6) is 0. The van der Waals surface area contributed by atoms with Gasteiger partial charge in [-0.25, -0.2) is 4.68 Å². The van der Waals surface area contributed by atoms with Crippen LogP contribution in [-0.2, 0) is 4.74 Å². The molecule has 1 aromatic heterocycles. The summed E-state index contributed by atoms with van der Waals surface area (Å²) < 4.78 is 6.62. The lowest BCUT2D eigenvalue weighted by Crippen LogP contribution is -2.15. The summed E-state index contributed by atoms with van der Waals surface area (Å²) in [5, 5.41) is 17.4. The second kappa shape index (κ2) is 5.07. The summed E-state index contributed by atoms with van der Waals surface area (Å²) in [4.78, 5) is 0.